The second-order valence-electron chi connectivity index (χ2n) is 13.0. The molecule has 2 nitrogen and oxygen atoms in total. The fourth-order valence-corrected chi connectivity index (χ4v) is 7.74. The smallest absolute Gasteiger partial charge is 0.0548 e. The van der Waals surface area contributed by atoms with Gasteiger partial charge in [-0.05, 0) is 88.0 Å². The minimum absolute atomic E-state index is 1.15. The second-order valence-corrected chi connectivity index (χ2v) is 13.0. The lowest BCUT2D eigenvalue weighted by atomic mass is 10.0. The van der Waals surface area contributed by atoms with Crippen molar-refractivity contribution in [3.63, 3.8) is 0 Å². The van der Waals surface area contributed by atoms with Crippen LogP contribution in [-0.2, 0) is 0 Å². The van der Waals surface area contributed by atoms with Crippen molar-refractivity contribution < 1.29 is 0 Å². The largest absolute Gasteiger partial charge is 0.309 e. The summed E-state index contributed by atoms with van der Waals surface area (Å²) < 4.78 is 4.88. The maximum absolute atomic E-state index is 2.44. The predicted octanol–water partition coefficient (Wildman–Crippen LogP) is 12.9. The molecular formula is C48H32N2. The molecule has 0 unspecified atom stereocenters. The number of para-hydroxylation sites is 1. The molecule has 0 saturated carbocycles. The summed E-state index contributed by atoms with van der Waals surface area (Å²) in [5.74, 6) is 0. The van der Waals surface area contributed by atoms with Crippen LogP contribution in [0.25, 0.3) is 88.4 Å². The van der Waals surface area contributed by atoms with E-state index in [1.165, 1.54) is 77.0 Å². The van der Waals surface area contributed by atoms with Crippen molar-refractivity contribution in [1.82, 2.24) is 9.13 Å². The molecule has 8 aromatic carbocycles. The molecule has 0 amide bonds. The number of nitrogens with zero attached hydrogens (tertiary/aromatic N) is 2. The Balaban J connectivity index is 1.26. The summed E-state index contributed by atoms with van der Waals surface area (Å²) in [6.07, 6.45) is 0. The molecule has 234 valence electrons. The van der Waals surface area contributed by atoms with E-state index >= 15 is 0 Å². The number of aromatic nitrogens is 2. The van der Waals surface area contributed by atoms with Crippen LogP contribution in [0.5, 0.6) is 0 Å². The van der Waals surface area contributed by atoms with Crippen LogP contribution in [0.2, 0.25) is 0 Å². The summed E-state index contributed by atoms with van der Waals surface area (Å²) in [4.78, 5) is 0. The van der Waals surface area contributed by atoms with Gasteiger partial charge in [-0.15, -0.1) is 0 Å². The zero-order valence-corrected chi connectivity index (χ0v) is 27.4. The molecular weight excluding hydrogens is 605 g/mol. The van der Waals surface area contributed by atoms with Gasteiger partial charge in [0.1, 0.15) is 0 Å². The Kier molecular flexibility index (Phi) is 6.53. The van der Waals surface area contributed by atoms with Crippen molar-refractivity contribution in [2.75, 3.05) is 0 Å². The zero-order valence-electron chi connectivity index (χ0n) is 27.4. The summed E-state index contributed by atoms with van der Waals surface area (Å²) in [6.45, 7) is 0. The lowest BCUT2D eigenvalue weighted by Crippen LogP contribution is -1.95. The molecule has 0 aliphatic carbocycles. The Hall–Kier alpha value is -6.64. The number of fused-ring (bicyclic) bond motifs is 6. The van der Waals surface area contributed by atoms with Crippen LogP contribution in [0.1, 0.15) is 0 Å². The average Bonchev–Trinajstić information content (AvgIpc) is 3.69. The Labute approximate surface area is 290 Å². The van der Waals surface area contributed by atoms with Crippen molar-refractivity contribution in [2.45, 2.75) is 0 Å². The molecule has 10 aromatic rings. The third-order valence-electron chi connectivity index (χ3n) is 10.1. The van der Waals surface area contributed by atoms with Gasteiger partial charge in [-0.3, -0.25) is 0 Å². The van der Waals surface area contributed by atoms with E-state index in [0.717, 1.165) is 11.4 Å². The van der Waals surface area contributed by atoms with Crippen molar-refractivity contribution in [3.05, 3.63) is 194 Å². The molecule has 0 atom stereocenters. The monoisotopic (exact) mass is 636 g/mol. The van der Waals surface area contributed by atoms with Crippen molar-refractivity contribution in [1.29, 1.82) is 0 Å². The van der Waals surface area contributed by atoms with Gasteiger partial charge in [-0.2, -0.15) is 0 Å². The number of hydrogen-bond donors (Lipinski definition) is 0. The highest BCUT2D eigenvalue weighted by atomic mass is 15.0. The van der Waals surface area contributed by atoms with Crippen molar-refractivity contribution in [3.8, 4) is 44.8 Å². The van der Waals surface area contributed by atoms with E-state index in [9.17, 15) is 0 Å². The third kappa shape index (κ3) is 4.57. The van der Waals surface area contributed by atoms with E-state index in [0.29, 0.717) is 0 Å². The summed E-state index contributed by atoms with van der Waals surface area (Å²) in [6, 6.07) is 70.4. The maximum Gasteiger partial charge on any atom is 0.0548 e. The molecule has 0 spiro atoms. The molecule has 2 aromatic heterocycles. The van der Waals surface area contributed by atoms with E-state index in [1.54, 1.807) is 0 Å². The van der Waals surface area contributed by atoms with Crippen molar-refractivity contribution in [2.24, 2.45) is 0 Å². The Morgan fingerprint density at radius 3 is 1.32 bits per heavy atom. The van der Waals surface area contributed by atoms with Gasteiger partial charge in [-0.1, -0.05) is 140 Å². The molecule has 0 aliphatic heterocycles. The molecule has 50 heavy (non-hydrogen) atoms. The van der Waals surface area contributed by atoms with Crippen LogP contribution in [0.3, 0.4) is 0 Å². The van der Waals surface area contributed by atoms with Gasteiger partial charge in [0.15, 0.2) is 0 Å². The SMILES string of the molecule is c1ccc(-c2ccc(-n3c4ccc(-c5ccccc5)cc4c4cc5c(cc43)c3ccccc3n5-c3cccc(-c4ccccc4)c3)cc2)cc1. The molecule has 0 fully saturated rings. The highest BCUT2D eigenvalue weighted by Gasteiger charge is 2.19. The average molecular weight is 637 g/mol. The van der Waals surface area contributed by atoms with Crippen LogP contribution < -0.4 is 0 Å². The molecule has 2 heteroatoms. The number of benzene rings is 8. The fraction of sp³-hybridized carbons (Fsp3) is 0. The molecule has 2 heterocycles. The molecule has 0 N–H and O–H groups in total. The maximum atomic E-state index is 2.44. The van der Waals surface area contributed by atoms with E-state index in [2.05, 4.69) is 203 Å². The van der Waals surface area contributed by atoms with Crippen LogP contribution in [0.15, 0.2) is 194 Å². The van der Waals surface area contributed by atoms with E-state index in [1.807, 2.05) is 0 Å². The van der Waals surface area contributed by atoms with Gasteiger partial charge in [0.2, 0.25) is 0 Å². The van der Waals surface area contributed by atoms with Gasteiger partial charge in [0.25, 0.3) is 0 Å². The van der Waals surface area contributed by atoms with Crippen LogP contribution in [0.4, 0.5) is 0 Å². The summed E-state index contributed by atoms with van der Waals surface area (Å²) in [5.41, 5.74) is 14.4. The lowest BCUT2D eigenvalue weighted by Gasteiger charge is -2.11. The molecule has 10 rings (SSSR count). The normalized spacial score (nSPS) is 11.6. The van der Waals surface area contributed by atoms with Gasteiger partial charge in [0.05, 0.1) is 22.1 Å². The standard InChI is InChI=1S/C48H32N2/c1-4-13-33(14-5-1)36-23-26-39(27-24-36)49-46-28-25-38(35-17-8-3-9-18-35)30-42(46)44-32-47-43(31-48(44)49)41-21-10-11-22-45(41)50(47)40-20-12-19-37(29-40)34-15-6-2-7-16-34/h1-32H. The highest BCUT2D eigenvalue weighted by Crippen LogP contribution is 2.41. The Bertz CT molecular complexity index is 2820. The summed E-state index contributed by atoms with van der Waals surface area (Å²) in [5, 5.41) is 4.97. The molecule has 0 radical (unpaired) electrons. The molecule has 0 saturated heterocycles. The minimum atomic E-state index is 1.15. The van der Waals surface area contributed by atoms with Crippen LogP contribution in [-0.4, -0.2) is 9.13 Å². The Morgan fingerprint density at radius 1 is 0.220 bits per heavy atom. The number of hydrogen-bond acceptors (Lipinski definition) is 0. The van der Waals surface area contributed by atoms with Crippen LogP contribution in [0, 0.1) is 0 Å². The summed E-state index contributed by atoms with van der Waals surface area (Å²) in [7, 11) is 0. The highest BCUT2D eigenvalue weighted by molar-refractivity contribution is 6.19. The van der Waals surface area contributed by atoms with Gasteiger partial charge in [0, 0.05) is 32.9 Å². The first kappa shape index (κ1) is 28.4. The van der Waals surface area contributed by atoms with Crippen LogP contribution >= 0.6 is 0 Å². The van der Waals surface area contributed by atoms with E-state index in [-0.39, 0.29) is 0 Å². The van der Waals surface area contributed by atoms with Gasteiger partial charge < -0.3 is 9.13 Å². The minimum Gasteiger partial charge on any atom is -0.309 e. The van der Waals surface area contributed by atoms with E-state index < -0.39 is 0 Å². The lowest BCUT2D eigenvalue weighted by molar-refractivity contribution is 1.17. The topological polar surface area (TPSA) is 9.86 Å². The first-order chi connectivity index (χ1) is 24.8. The van der Waals surface area contributed by atoms with Gasteiger partial charge >= 0.3 is 0 Å². The predicted molar refractivity (Wildman–Crippen MR) is 211 cm³/mol. The molecule has 0 aliphatic rings. The second kappa shape index (κ2) is 11.5. The summed E-state index contributed by atoms with van der Waals surface area (Å²) >= 11 is 0. The number of rotatable bonds is 5. The fourth-order valence-electron chi connectivity index (χ4n) is 7.74. The van der Waals surface area contributed by atoms with E-state index in [4.69, 9.17) is 0 Å². The van der Waals surface area contributed by atoms with Crippen molar-refractivity contribution >= 4 is 43.6 Å². The zero-order chi connectivity index (χ0) is 33.0. The van der Waals surface area contributed by atoms with Gasteiger partial charge in [-0.25, -0.2) is 0 Å². The molecule has 0 bridgehead atoms. The third-order valence-corrected chi connectivity index (χ3v) is 10.1. The first-order valence-electron chi connectivity index (χ1n) is 17.2. The first-order valence-corrected chi connectivity index (χ1v) is 17.2. The Morgan fingerprint density at radius 2 is 0.660 bits per heavy atom. The quantitative estimate of drug-likeness (QED) is 0.178.